The molecule has 0 unspecified atom stereocenters. The van der Waals surface area contributed by atoms with E-state index in [1.165, 1.54) is 6.07 Å². The van der Waals surface area contributed by atoms with Gasteiger partial charge in [-0.15, -0.1) is 0 Å². The molecule has 3 N–H and O–H groups in total. The molecule has 1 aromatic carbocycles. The molecule has 3 nitrogen and oxygen atoms in total. The van der Waals surface area contributed by atoms with Crippen LogP contribution in [0.15, 0.2) is 30.5 Å². The maximum Gasteiger partial charge on any atom is 0.144 e. The fraction of sp³-hybridized carbons (Fsp3) is 0.143. The molecule has 2 aromatic rings. The maximum atomic E-state index is 13.4. The normalized spacial score (nSPS) is 10.4. The number of benzene rings is 1. The van der Waals surface area contributed by atoms with E-state index in [9.17, 15) is 4.39 Å². The second-order valence-corrected chi connectivity index (χ2v) is 4.56. The Hall–Kier alpha value is -1.94. The Kier molecular flexibility index (Phi) is 4.12. The number of nitrogen functional groups attached to an aromatic ring is 1. The highest BCUT2D eigenvalue weighted by Crippen LogP contribution is 2.24. The van der Waals surface area contributed by atoms with Gasteiger partial charge in [0.05, 0.1) is 5.69 Å². The van der Waals surface area contributed by atoms with E-state index in [-0.39, 0.29) is 5.82 Å². The van der Waals surface area contributed by atoms with Crippen molar-refractivity contribution in [1.29, 1.82) is 5.41 Å². The van der Waals surface area contributed by atoms with E-state index in [2.05, 4.69) is 4.98 Å². The predicted octanol–water partition coefficient (Wildman–Crippen LogP) is 3.24. The zero-order valence-corrected chi connectivity index (χ0v) is 10.9. The van der Waals surface area contributed by atoms with Crippen LogP contribution in [0.25, 0.3) is 0 Å². The standard InChI is InChI=1S/C14H13ClFN3/c15-11-6-10(8-17)13(18)7-9(11)3-4-14-12(16)2-1-5-19-14/h1-2,5-8,17H,3-4,18H2. The first-order chi connectivity index (χ1) is 9.11. The first kappa shape index (κ1) is 13.5. The van der Waals surface area contributed by atoms with Crippen LogP contribution in [-0.2, 0) is 12.8 Å². The highest BCUT2D eigenvalue weighted by atomic mass is 35.5. The Bertz CT molecular complexity index is 614. The van der Waals surface area contributed by atoms with Crippen molar-refractivity contribution in [3.63, 3.8) is 0 Å². The number of pyridine rings is 1. The summed E-state index contributed by atoms with van der Waals surface area (Å²) in [7, 11) is 0. The van der Waals surface area contributed by atoms with E-state index in [4.69, 9.17) is 22.7 Å². The second kappa shape index (κ2) is 5.80. The summed E-state index contributed by atoms with van der Waals surface area (Å²) >= 11 is 6.11. The van der Waals surface area contributed by atoms with E-state index in [0.717, 1.165) is 11.8 Å². The molecule has 0 aliphatic rings. The molecule has 5 heteroatoms. The van der Waals surface area contributed by atoms with Crippen molar-refractivity contribution in [2.24, 2.45) is 0 Å². The van der Waals surface area contributed by atoms with Gasteiger partial charge in [0.15, 0.2) is 0 Å². The minimum Gasteiger partial charge on any atom is -0.398 e. The lowest BCUT2D eigenvalue weighted by Crippen LogP contribution is -2.01. The first-order valence-electron chi connectivity index (χ1n) is 5.79. The van der Waals surface area contributed by atoms with E-state index in [1.807, 2.05) is 0 Å². The Morgan fingerprint density at radius 3 is 2.84 bits per heavy atom. The third kappa shape index (κ3) is 3.09. The summed E-state index contributed by atoms with van der Waals surface area (Å²) in [5.74, 6) is -0.317. The number of hydrogen-bond acceptors (Lipinski definition) is 3. The number of hydrogen-bond donors (Lipinski definition) is 2. The first-order valence-corrected chi connectivity index (χ1v) is 6.17. The number of anilines is 1. The average Bonchev–Trinajstić information content (AvgIpc) is 2.41. The van der Waals surface area contributed by atoms with E-state index < -0.39 is 0 Å². The molecular formula is C14H13ClFN3. The van der Waals surface area contributed by atoms with Gasteiger partial charge in [0, 0.05) is 28.7 Å². The molecule has 1 heterocycles. The average molecular weight is 278 g/mol. The van der Waals surface area contributed by atoms with Gasteiger partial charge in [-0.1, -0.05) is 11.6 Å². The van der Waals surface area contributed by atoms with Gasteiger partial charge < -0.3 is 11.1 Å². The molecular weight excluding hydrogens is 265 g/mol. The maximum absolute atomic E-state index is 13.4. The molecule has 0 fully saturated rings. The van der Waals surface area contributed by atoms with Crippen LogP contribution in [0.5, 0.6) is 0 Å². The summed E-state index contributed by atoms with van der Waals surface area (Å²) in [5.41, 5.74) is 8.12. The molecule has 0 saturated heterocycles. The van der Waals surface area contributed by atoms with Crippen molar-refractivity contribution in [2.45, 2.75) is 12.8 Å². The van der Waals surface area contributed by atoms with Gasteiger partial charge in [0.25, 0.3) is 0 Å². The van der Waals surface area contributed by atoms with Crippen LogP contribution in [0, 0.1) is 11.2 Å². The van der Waals surface area contributed by atoms with Crippen LogP contribution in [0.3, 0.4) is 0 Å². The lowest BCUT2D eigenvalue weighted by atomic mass is 10.0. The second-order valence-electron chi connectivity index (χ2n) is 4.15. The van der Waals surface area contributed by atoms with Gasteiger partial charge in [-0.3, -0.25) is 4.98 Å². The molecule has 1 aromatic heterocycles. The Morgan fingerprint density at radius 1 is 1.37 bits per heavy atom. The van der Waals surface area contributed by atoms with Gasteiger partial charge in [0.2, 0.25) is 0 Å². The third-order valence-corrected chi connectivity index (χ3v) is 3.23. The fourth-order valence-electron chi connectivity index (χ4n) is 1.82. The van der Waals surface area contributed by atoms with Gasteiger partial charge in [-0.2, -0.15) is 0 Å². The number of halogens is 2. The van der Waals surface area contributed by atoms with Crippen molar-refractivity contribution < 1.29 is 4.39 Å². The number of aromatic nitrogens is 1. The number of nitrogens with one attached hydrogen (secondary N) is 1. The molecule has 0 radical (unpaired) electrons. The molecule has 0 atom stereocenters. The zero-order valence-electron chi connectivity index (χ0n) is 10.2. The number of nitrogens with zero attached hydrogens (tertiary/aromatic N) is 1. The Balaban J connectivity index is 2.18. The van der Waals surface area contributed by atoms with Crippen molar-refractivity contribution in [3.05, 3.63) is 58.1 Å². The van der Waals surface area contributed by atoms with Crippen molar-refractivity contribution in [3.8, 4) is 0 Å². The van der Waals surface area contributed by atoms with Crippen molar-refractivity contribution in [1.82, 2.24) is 4.98 Å². The molecule has 0 bridgehead atoms. The van der Waals surface area contributed by atoms with Gasteiger partial charge in [-0.25, -0.2) is 4.39 Å². The minimum absolute atomic E-state index is 0.317. The summed E-state index contributed by atoms with van der Waals surface area (Å²) in [6.45, 7) is 0. The molecule has 0 amide bonds. The monoisotopic (exact) mass is 277 g/mol. The summed E-state index contributed by atoms with van der Waals surface area (Å²) < 4.78 is 13.4. The minimum atomic E-state index is -0.317. The third-order valence-electron chi connectivity index (χ3n) is 2.87. The van der Waals surface area contributed by atoms with Crippen LogP contribution < -0.4 is 5.73 Å². The van der Waals surface area contributed by atoms with Gasteiger partial charge in [0.1, 0.15) is 5.82 Å². The van der Waals surface area contributed by atoms with Crippen LogP contribution in [0.2, 0.25) is 5.02 Å². The molecule has 0 aliphatic carbocycles. The molecule has 0 saturated carbocycles. The number of rotatable bonds is 4. The molecule has 2 rings (SSSR count). The summed E-state index contributed by atoms with van der Waals surface area (Å²) in [4.78, 5) is 3.99. The number of nitrogens with two attached hydrogens (primary N) is 1. The number of aryl methyl sites for hydroxylation is 2. The van der Waals surface area contributed by atoms with Crippen LogP contribution in [0.1, 0.15) is 16.8 Å². The van der Waals surface area contributed by atoms with Crippen molar-refractivity contribution >= 4 is 23.5 Å². The van der Waals surface area contributed by atoms with E-state index in [1.54, 1.807) is 24.4 Å². The molecule has 98 valence electrons. The molecule has 0 spiro atoms. The van der Waals surface area contributed by atoms with Gasteiger partial charge >= 0.3 is 0 Å². The summed E-state index contributed by atoms with van der Waals surface area (Å²) in [6.07, 6.45) is 3.72. The SMILES string of the molecule is N=Cc1cc(Cl)c(CCc2ncccc2F)cc1N. The largest absolute Gasteiger partial charge is 0.398 e. The topological polar surface area (TPSA) is 62.8 Å². The Labute approximate surface area is 115 Å². The highest BCUT2D eigenvalue weighted by molar-refractivity contribution is 6.31. The predicted molar refractivity (Wildman–Crippen MR) is 75.4 cm³/mol. The Morgan fingerprint density at radius 2 is 2.16 bits per heavy atom. The van der Waals surface area contributed by atoms with E-state index >= 15 is 0 Å². The van der Waals surface area contributed by atoms with Crippen LogP contribution in [-0.4, -0.2) is 11.2 Å². The van der Waals surface area contributed by atoms with E-state index in [0.29, 0.717) is 34.8 Å². The van der Waals surface area contributed by atoms with Crippen LogP contribution in [0.4, 0.5) is 10.1 Å². The molecule has 19 heavy (non-hydrogen) atoms. The van der Waals surface area contributed by atoms with Gasteiger partial charge in [-0.05, 0) is 42.7 Å². The zero-order chi connectivity index (χ0) is 13.8. The summed E-state index contributed by atoms with van der Waals surface area (Å²) in [5, 5.41) is 7.72. The fourth-order valence-corrected chi connectivity index (χ4v) is 2.09. The lowest BCUT2D eigenvalue weighted by Gasteiger charge is -2.08. The lowest BCUT2D eigenvalue weighted by molar-refractivity contribution is 0.597. The smallest absolute Gasteiger partial charge is 0.144 e. The highest BCUT2D eigenvalue weighted by Gasteiger charge is 2.08. The van der Waals surface area contributed by atoms with Crippen molar-refractivity contribution in [2.75, 3.05) is 5.73 Å². The quantitative estimate of drug-likeness (QED) is 0.666. The van der Waals surface area contributed by atoms with Crippen LogP contribution >= 0.6 is 11.6 Å². The summed E-state index contributed by atoms with van der Waals surface area (Å²) in [6, 6.07) is 6.32. The molecule has 0 aliphatic heterocycles.